The highest BCUT2D eigenvalue weighted by Gasteiger charge is 2.32. The van der Waals surface area contributed by atoms with Crippen molar-refractivity contribution < 1.29 is 19.5 Å². The Labute approximate surface area is 210 Å². The number of fused-ring (bicyclic) bond motifs is 1. The number of nitrogens with one attached hydrogen (secondary N) is 3. The van der Waals surface area contributed by atoms with Crippen LogP contribution in [0.2, 0.25) is 0 Å². The van der Waals surface area contributed by atoms with Crippen LogP contribution < -0.4 is 16.0 Å². The number of amides is 3. The highest BCUT2D eigenvalue weighted by Crippen LogP contribution is 2.28. The number of aromatic nitrogens is 1. The van der Waals surface area contributed by atoms with E-state index >= 15 is 0 Å². The van der Waals surface area contributed by atoms with Gasteiger partial charge in [0.05, 0.1) is 11.2 Å². The Morgan fingerprint density at radius 1 is 0.944 bits per heavy atom. The molecule has 0 spiro atoms. The Bertz CT molecular complexity index is 1290. The molecule has 3 aromatic rings. The molecule has 1 fully saturated rings. The van der Waals surface area contributed by atoms with Gasteiger partial charge in [0.25, 0.3) is 5.91 Å². The number of para-hydroxylation sites is 1. The number of aliphatic carboxylic acids is 1. The van der Waals surface area contributed by atoms with Gasteiger partial charge in [-0.3, -0.25) is 4.79 Å². The van der Waals surface area contributed by atoms with Crippen molar-refractivity contribution in [1.29, 1.82) is 0 Å². The lowest BCUT2D eigenvalue weighted by molar-refractivity contribution is -0.141. The molecule has 4 rings (SSSR count). The van der Waals surface area contributed by atoms with Gasteiger partial charge in [-0.2, -0.15) is 0 Å². The van der Waals surface area contributed by atoms with Crippen molar-refractivity contribution in [2.24, 2.45) is 5.92 Å². The maximum atomic E-state index is 13.3. The van der Waals surface area contributed by atoms with Crippen molar-refractivity contribution in [2.75, 3.05) is 10.6 Å². The molecule has 1 atom stereocenters. The van der Waals surface area contributed by atoms with Crippen LogP contribution >= 0.6 is 0 Å². The summed E-state index contributed by atoms with van der Waals surface area (Å²) >= 11 is 0. The Morgan fingerprint density at radius 2 is 1.61 bits per heavy atom. The first-order valence-electron chi connectivity index (χ1n) is 12.3. The van der Waals surface area contributed by atoms with Crippen molar-refractivity contribution >= 4 is 40.2 Å². The monoisotopic (exact) mass is 488 g/mol. The molecule has 0 saturated heterocycles. The molecule has 4 N–H and O–H groups in total. The van der Waals surface area contributed by atoms with Crippen molar-refractivity contribution in [3.05, 3.63) is 64.8 Å². The Hall–Kier alpha value is -3.94. The van der Waals surface area contributed by atoms with E-state index in [4.69, 9.17) is 0 Å². The zero-order valence-electron chi connectivity index (χ0n) is 20.9. The lowest BCUT2D eigenvalue weighted by Gasteiger charge is -2.28. The molecule has 188 valence electrons. The van der Waals surface area contributed by atoms with Crippen LogP contribution in [0.1, 0.15) is 59.3 Å². The van der Waals surface area contributed by atoms with Crippen LogP contribution in [-0.2, 0) is 4.79 Å². The minimum atomic E-state index is -1.06. The molecular weight excluding hydrogens is 456 g/mol. The van der Waals surface area contributed by atoms with Crippen molar-refractivity contribution in [3.8, 4) is 0 Å². The number of anilines is 2. The fourth-order valence-corrected chi connectivity index (χ4v) is 5.09. The Kier molecular flexibility index (Phi) is 7.52. The van der Waals surface area contributed by atoms with Gasteiger partial charge in [0, 0.05) is 11.1 Å². The molecule has 1 saturated carbocycles. The van der Waals surface area contributed by atoms with Gasteiger partial charge in [-0.25, -0.2) is 14.6 Å². The summed E-state index contributed by atoms with van der Waals surface area (Å²) in [5, 5.41) is 18.9. The number of rotatable bonds is 6. The lowest BCUT2D eigenvalue weighted by Crippen LogP contribution is -2.47. The standard InChI is InChI=1S/C28H32N4O4/c1-16-13-17(2)23(18(3)14-16)32-28(36)30-22-15-20-11-7-8-12-21(20)29-25(22)26(33)31-24(27(34)35)19-9-5-4-6-10-19/h7-8,11-15,19,24H,4-6,9-10H2,1-3H3,(H,31,33)(H,34,35)(H2,30,32,36)/t24-/m0/s1. The van der Waals surface area contributed by atoms with Crippen LogP contribution in [0.3, 0.4) is 0 Å². The van der Waals surface area contributed by atoms with E-state index in [2.05, 4.69) is 20.9 Å². The first-order valence-corrected chi connectivity index (χ1v) is 12.3. The van der Waals surface area contributed by atoms with Crippen LogP contribution in [0.15, 0.2) is 42.5 Å². The second-order valence-electron chi connectivity index (χ2n) is 9.62. The number of carbonyl (C=O) groups is 3. The molecule has 1 heterocycles. The van der Waals surface area contributed by atoms with Gasteiger partial charge in [-0.05, 0) is 62.8 Å². The number of carboxylic acids is 1. The molecule has 8 heteroatoms. The van der Waals surface area contributed by atoms with E-state index in [1.54, 1.807) is 12.1 Å². The molecule has 1 aromatic heterocycles. The minimum absolute atomic E-state index is 0.0248. The van der Waals surface area contributed by atoms with E-state index in [1.807, 2.05) is 51.1 Å². The van der Waals surface area contributed by atoms with Gasteiger partial charge in [0.15, 0.2) is 5.69 Å². The van der Waals surface area contributed by atoms with Crippen molar-refractivity contribution in [2.45, 2.75) is 58.9 Å². The average Bonchev–Trinajstić information content (AvgIpc) is 2.84. The summed E-state index contributed by atoms with van der Waals surface area (Å²) in [4.78, 5) is 42.8. The number of nitrogens with zero attached hydrogens (tertiary/aromatic N) is 1. The van der Waals surface area contributed by atoms with E-state index < -0.39 is 23.9 Å². The highest BCUT2D eigenvalue weighted by atomic mass is 16.4. The number of carbonyl (C=O) groups excluding carboxylic acids is 2. The summed E-state index contributed by atoms with van der Waals surface area (Å²) in [6, 6.07) is 11.4. The second kappa shape index (κ2) is 10.8. The van der Waals surface area contributed by atoms with Gasteiger partial charge in [0.2, 0.25) is 0 Å². The maximum Gasteiger partial charge on any atom is 0.326 e. The normalized spacial score (nSPS) is 14.8. The molecule has 1 aliphatic carbocycles. The number of aryl methyl sites for hydroxylation is 3. The quantitative estimate of drug-likeness (QED) is 0.362. The molecular formula is C28H32N4O4. The van der Waals surface area contributed by atoms with Gasteiger partial charge >= 0.3 is 12.0 Å². The summed E-state index contributed by atoms with van der Waals surface area (Å²) < 4.78 is 0. The molecule has 0 aliphatic heterocycles. The molecule has 1 aliphatic rings. The predicted octanol–water partition coefficient (Wildman–Crippen LogP) is 5.57. The van der Waals surface area contributed by atoms with Crippen LogP contribution in [0.5, 0.6) is 0 Å². The van der Waals surface area contributed by atoms with Crippen molar-refractivity contribution in [1.82, 2.24) is 10.3 Å². The zero-order chi connectivity index (χ0) is 25.8. The molecule has 3 amide bonds. The summed E-state index contributed by atoms with van der Waals surface area (Å²) in [6.07, 6.45) is 4.48. The minimum Gasteiger partial charge on any atom is -0.480 e. The molecule has 36 heavy (non-hydrogen) atoms. The van der Waals surface area contributed by atoms with Crippen LogP contribution in [0.25, 0.3) is 10.9 Å². The Balaban J connectivity index is 1.63. The Morgan fingerprint density at radius 3 is 2.28 bits per heavy atom. The summed E-state index contributed by atoms with van der Waals surface area (Å²) in [5.41, 5.74) is 4.40. The number of urea groups is 1. The van der Waals surface area contributed by atoms with E-state index in [0.717, 1.165) is 54.2 Å². The topological polar surface area (TPSA) is 120 Å². The summed E-state index contributed by atoms with van der Waals surface area (Å²) in [7, 11) is 0. The van der Waals surface area contributed by atoms with Gasteiger partial charge < -0.3 is 21.1 Å². The zero-order valence-corrected chi connectivity index (χ0v) is 20.9. The summed E-state index contributed by atoms with van der Waals surface area (Å²) in [6.45, 7) is 5.83. The maximum absolute atomic E-state index is 13.3. The first kappa shape index (κ1) is 25.2. The first-order chi connectivity index (χ1) is 17.2. The van der Waals surface area contributed by atoms with E-state index in [1.165, 1.54) is 0 Å². The van der Waals surface area contributed by atoms with E-state index in [-0.39, 0.29) is 17.3 Å². The molecule has 0 radical (unpaired) electrons. The number of benzene rings is 2. The number of carboxylic acid groups (broad SMARTS) is 1. The van der Waals surface area contributed by atoms with Gasteiger partial charge in [-0.15, -0.1) is 0 Å². The van der Waals surface area contributed by atoms with Crippen LogP contribution in [-0.4, -0.2) is 34.0 Å². The number of pyridine rings is 1. The van der Waals surface area contributed by atoms with Gasteiger partial charge in [0.1, 0.15) is 6.04 Å². The third-order valence-corrected chi connectivity index (χ3v) is 6.78. The molecule has 8 nitrogen and oxygen atoms in total. The van der Waals surface area contributed by atoms with Crippen LogP contribution in [0, 0.1) is 26.7 Å². The lowest BCUT2D eigenvalue weighted by atomic mass is 9.84. The van der Waals surface area contributed by atoms with E-state index in [9.17, 15) is 19.5 Å². The smallest absolute Gasteiger partial charge is 0.326 e. The number of hydrogen-bond acceptors (Lipinski definition) is 4. The molecule has 0 unspecified atom stereocenters. The molecule has 2 aromatic carbocycles. The van der Waals surface area contributed by atoms with Crippen LogP contribution in [0.4, 0.5) is 16.2 Å². The third kappa shape index (κ3) is 5.64. The average molecular weight is 489 g/mol. The predicted molar refractivity (Wildman–Crippen MR) is 141 cm³/mol. The molecule has 0 bridgehead atoms. The number of hydrogen-bond donors (Lipinski definition) is 4. The van der Waals surface area contributed by atoms with Crippen molar-refractivity contribution in [3.63, 3.8) is 0 Å². The second-order valence-corrected chi connectivity index (χ2v) is 9.62. The van der Waals surface area contributed by atoms with E-state index in [0.29, 0.717) is 11.2 Å². The van der Waals surface area contributed by atoms with Gasteiger partial charge in [-0.1, -0.05) is 55.2 Å². The third-order valence-electron chi connectivity index (χ3n) is 6.78. The fourth-order valence-electron chi connectivity index (χ4n) is 5.09. The summed E-state index contributed by atoms with van der Waals surface area (Å²) in [5.74, 6) is -1.82. The highest BCUT2D eigenvalue weighted by molar-refractivity contribution is 6.08. The largest absolute Gasteiger partial charge is 0.480 e. The SMILES string of the molecule is Cc1cc(C)c(NC(=O)Nc2cc3ccccc3nc2C(=O)N[C@H](C(=O)O)C2CCCCC2)c(C)c1. The fraction of sp³-hybridized carbons (Fsp3) is 0.357.